The third kappa shape index (κ3) is 3.29. The summed E-state index contributed by atoms with van der Waals surface area (Å²) in [6, 6.07) is 2.94. The molecule has 0 amide bonds. The summed E-state index contributed by atoms with van der Waals surface area (Å²) >= 11 is 0. The highest BCUT2D eigenvalue weighted by molar-refractivity contribution is 6.07. The monoisotopic (exact) mass is 338 g/mol. The van der Waals surface area contributed by atoms with Gasteiger partial charge in [-0.15, -0.1) is 0 Å². The van der Waals surface area contributed by atoms with Crippen LogP contribution in [0.15, 0.2) is 27.9 Å². The molecule has 0 aliphatic rings. The molecule has 0 fully saturated rings. The van der Waals surface area contributed by atoms with E-state index in [1.54, 1.807) is 0 Å². The van der Waals surface area contributed by atoms with Crippen LogP contribution in [0, 0.1) is 18.6 Å². The maximum atomic E-state index is 13.5. The van der Waals surface area contributed by atoms with Crippen LogP contribution >= 0.6 is 0 Å². The molecular formula is C15H12F2N2O5. The van der Waals surface area contributed by atoms with Gasteiger partial charge in [0, 0.05) is 0 Å². The molecule has 2 rings (SSSR count). The van der Waals surface area contributed by atoms with Crippen LogP contribution in [-0.2, 0) is 9.57 Å². The molecule has 0 N–H and O–H groups in total. The summed E-state index contributed by atoms with van der Waals surface area (Å²) in [7, 11) is 1.16. The average molecular weight is 338 g/mol. The number of rotatable bonds is 4. The Kier molecular flexibility index (Phi) is 5.02. The fourth-order valence-electron chi connectivity index (χ4n) is 1.93. The minimum absolute atomic E-state index is 0.0410. The minimum atomic E-state index is -1.32. The number of carbonyl (C=O) groups excluding carboxylic acids is 2. The fraction of sp³-hybridized carbons (Fsp3) is 0.200. The Bertz CT molecular complexity index is 809. The summed E-state index contributed by atoms with van der Waals surface area (Å²) in [4.78, 5) is 27.9. The zero-order chi connectivity index (χ0) is 17.9. The van der Waals surface area contributed by atoms with E-state index in [4.69, 9.17) is 4.52 Å². The number of halogens is 2. The first-order chi connectivity index (χ1) is 11.4. The smallest absolute Gasteiger partial charge is 0.371 e. The van der Waals surface area contributed by atoms with Crippen molar-refractivity contribution < 1.29 is 32.5 Å². The van der Waals surface area contributed by atoms with Gasteiger partial charge in [-0.2, -0.15) is 0 Å². The molecule has 0 aliphatic carbocycles. The average Bonchev–Trinajstić information content (AvgIpc) is 2.93. The second-order valence-electron chi connectivity index (χ2n) is 4.61. The third-order valence-corrected chi connectivity index (χ3v) is 3.04. The molecule has 0 saturated heterocycles. The Morgan fingerprint density at radius 2 is 1.79 bits per heavy atom. The second kappa shape index (κ2) is 6.99. The Hall–Kier alpha value is -3.10. The summed E-state index contributed by atoms with van der Waals surface area (Å²) in [6.07, 6.45) is 0. The molecule has 0 bridgehead atoms. The van der Waals surface area contributed by atoms with Crippen LogP contribution in [0.5, 0.6) is 0 Å². The molecule has 0 radical (unpaired) electrons. The van der Waals surface area contributed by atoms with E-state index in [-0.39, 0.29) is 22.7 Å². The predicted octanol–water partition coefficient (Wildman–Crippen LogP) is 2.63. The van der Waals surface area contributed by atoms with E-state index in [1.807, 2.05) is 0 Å². The predicted molar refractivity (Wildman–Crippen MR) is 76.6 cm³/mol. The van der Waals surface area contributed by atoms with Crippen molar-refractivity contribution in [3.05, 3.63) is 52.4 Å². The molecule has 1 aromatic carbocycles. The Morgan fingerprint density at radius 3 is 2.38 bits per heavy atom. The summed E-state index contributed by atoms with van der Waals surface area (Å²) in [5.41, 5.74) is -0.837. The molecule has 9 heteroatoms. The van der Waals surface area contributed by atoms with Crippen LogP contribution in [0.4, 0.5) is 8.78 Å². The number of esters is 1. The van der Waals surface area contributed by atoms with Crippen molar-refractivity contribution >= 4 is 17.7 Å². The van der Waals surface area contributed by atoms with Crippen molar-refractivity contribution in [1.29, 1.82) is 0 Å². The lowest BCUT2D eigenvalue weighted by atomic mass is 10.1. The highest BCUT2D eigenvalue weighted by Crippen LogP contribution is 2.17. The summed E-state index contributed by atoms with van der Waals surface area (Å²) < 4.78 is 36.4. The minimum Gasteiger partial charge on any atom is -0.464 e. The lowest BCUT2D eigenvalue weighted by Gasteiger charge is -2.03. The SMILES string of the molecule is COC(=O)c1noc(C)c1/C(C)=N\OC(=O)c1c(F)cccc1F. The van der Waals surface area contributed by atoms with Gasteiger partial charge in [0.25, 0.3) is 0 Å². The van der Waals surface area contributed by atoms with Crippen LogP contribution in [0.1, 0.15) is 39.1 Å². The van der Waals surface area contributed by atoms with E-state index in [2.05, 4.69) is 19.9 Å². The molecular weight excluding hydrogens is 326 g/mol. The number of oxime groups is 1. The number of nitrogens with zero attached hydrogens (tertiary/aromatic N) is 2. The maximum absolute atomic E-state index is 13.5. The molecule has 0 spiro atoms. The summed E-state index contributed by atoms with van der Waals surface area (Å²) in [5.74, 6) is -4.03. The van der Waals surface area contributed by atoms with Gasteiger partial charge in [-0.1, -0.05) is 16.4 Å². The van der Waals surface area contributed by atoms with Gasteiger partial charge in [-0.25, -0.2) is 18.4 Å². The zero-order valence-electron chi connectivity index (χ0n) is 12.9. The number of hydrogen-bond acceptors (Lipinski definition) is 7. The van der Waals surface area contributed by atoms with E-state index in [9.17, 15) is 18.4 Å². The highest BCUT2D eigenvalue weighted by Gasteiger charge is 2.24. The molecule has 24 heavy (non-hydrogen) atoms. The Morgan fingerprint density at radius 1 is 1.17 bits per heavy atom. The van der Waals surface area contributed by atoms with E-state index in [0.717, 1.165) is 25.3 Å². The second-order valence-corrected chi connectivity index (χ2v) is 4.61. The molecule has 1 heterocycles. The summed E-state index contributed by atoms with van der Waals surface area (Å²) in [5, 5.41) is 7.02. The summed E-state index contributed by atoms with van der Waals surface area (Å²) in [6.45, 7) is 2.91. The van der Waals surface area contributed by atoms with Crippen molar-refractivity contribution in [3.8, 4) is 0 Å². The molecule has 0 aliphatic heterocycles. The number of benzene rings is 1. The van der Waals surface area contributed by atoms with Crippen molar-refractivity contribution in [2.45, 2.75) is 13.8 Å². The normalized spacial score (nSPS) is 11.3. The lowest BCUT2D eigenvalue weighted by Crippen LogP contribution is -2.11. The molecule has 0 saturated carbocycles. The standard InChI is InChI=1S/C15H12F2N2O5/c1-7(11-8(2)23-19-13(11)15(21)22-3)18-24-14(20)12-9(16)5-4-6-10(12)17/h4-6H,1-3H3/b18-7-. The number of carbonyl (C=O) groups is 2. The largest absolute Gasteiger partial charge is 0.464 e. The first-order valence-corrected chi connectivity index (χ1v) is 6.61. The van der Waals surface area contributed by atoms with E-state index in [1.165, 1.54) is 13.8 Å². The van der Waals surface area contributed by atoms with Gasteiger partial charge in [0.15, 0.2) is 0 Å². The Labute approximate surface area is 134 Å². The number of hydrogen-bond donors (Lipinski definition) is 0. The van der Waals surface area contributed by atoms with Gasteiger partial charge >= 0.3 is 11.9 Å². The molecule has 0 atom stereocenters. The van der Waals surface area contributed by atoms with Gasteiger partial charge in [0.05, 0.1) is 18.4 Å². The van der Waals surface area contributed by atoms with Gasteiger partial charge in [0.2, 0.25) is 5.69 Å². The molecule has 2 aromatic rings. The molecule has 0 unspecified atom stereocenters. The highest BCUT2D eigenvalue weighted by atomic mass is 19.1. The first-order valence-electron chi connectivity index (χ1n) is 6.61. The lowest BCUT2D eigenvalue weighted by molar-refractivity contribution is 0.0505. The quantitative estimate of drug-likeness (QED) is 0.368. The van der Waals surface area contributed by atoms with Crippen molar-refractivity contribution in [2.75, 3.05) is 7.11 Å². The van der Waals surface area contributed by atoms with Crippen LogP contribution in [0.2, 0.25) is 0 Å². The van der Waals surface area contributed by atoms with Gasteiger partial charge in [0.1, 0.15) is 23.0 Å². The fourth-order valence-corrected chi connectivity index (χ4v) is 1.93. The van der Waals surface area contributed by atoms with Crippen molar-refractivity contribution in [2.24, 2.45) is 5.16 Å². The molecule has 1 aromatic heterocycles. The van der Waals surface area contributed by atoms with Crippen LogP contribution in [0.25, 0.3) is 0 Å². The van der Waals surface area contributed by atoms with Crippen LogP contribution < -0.4 is 0 Å². The van der Waals surface area contributed by atoms with Crippen molar-refractivity contribution in [1.82, 2.24) is 5.16 Å². The maximum Gasteiger partial charge on any atom is 0.371 e. The number of methoxy groups -OCH3 is 1. The number of aryl methyl sites for hydroxylation is 1. The van der Waals surface area contributed by atoms with E-state index < -0.39 is 29.1 Å². The van der Waals surface area contributed by atoms with E-state index in [0.29, 0.717) is 0 Å². The van der Waals surface area contributed by atoms with E-state index >= 15 is 0 Å². The van der Waals surface area contributed by atoms with Gasteiger partial charge in [-0.3, -0.25) is 0 Å². The van der Waals surface area contributed by atoms with Crippen LogP contribution in [-0.4, -0.2) is 29.9 Å². The van der Waals surface area contributed by atoms with Crippen LogP contribution in [0.3, 0.4) is 0 Å². The molecule has 7 nitrogen and oxygen atoms in total. The Balaban J connectivity index is 2.29. The first kappa shape index (κ1) is 17.3. The van der Waals surface area contributed by atoms with Gasteiger partial charge in [-0.05, 0) is 26.0 Å². The number of aromatic nitrogens is 1. The zero-order valence-corrected chi connectivity index (χ0v) is 12.9. The topological polar surface area (TPSA) is 91.0 Å². The number of ether oxygens (including phenoxy) is 1. The van der Waals surface area contributed by atoms with Gasteiger partial charge < -0.3 is 14.1 Å². The molecule has 126 valence electrons. The third-order valence-electron chi connectivity index (χ3n) is 3.04. The van der Waals surface area contributed by atoms with Crippen molar-refractivity contribution in [3.63, 3.8) is 0 Å².